The van der Waals surface area contributed by atoms with Crippen LogP contribution in [0.1, 0.15) is 13.3 Å². The van der Waals surface area contributed by atoms with Crippen LogP contribution in [0.5, 0.6) is 0 Å². The number of imidazole rings is 1. The third kappa shape index (κ3) is 2.43. The van der Waals surface area contributed by atoms with Gasteiger partial charge in [0.05, 0.1) is 6.20 Å². The summed E-state index contributed by atoms with van der Waals surface area (Å²) < 4.78 is 2.03. The molecule has 6 nitrogen and oxygen atoms in total. The molecular formula is C14H22N6. The minimum atomic E-state index is 0.876. The summed E-state index contributed by atoms with van der Waals surface area (Å²) in [5.74, 6) is 1.86. The van der Waals surface area contributed by atoms with Crippen molar-refractivity contribution in [3.8, 4) is 0 Å². The van der Waals surface area contributed by atoms with E-state index >= 15 is 0 Å². The monoisotopic (exact) mass is 274 g/mol. The van der Waals surface area contributed by atoms with Gasteiger partial charge in [0.15, 0.2) is 11.5 Å². The second kappa shape index (κ2) is 5.66. The molecule has 0 radical (unpaired) electrons. The lowest BCUT2D eigenvalue weighted by Gasteiger charge is -2.35. The van der Waals surface area contributed by atoms with Crippen LogP contribution in [0.3, 0.4) is 0 Å². The molecule has 20 heavy (non-hydrogen) atoms. The van der Waals surface area contributed by atoms with Crippen LogP contribution in [0.15, 0.2) is 18.6 Å². The molecular weight excluding hydrogens is 252 g/mol. The number of piperazine rings is 1. The highest BCUT2D eigenvalue weighted by Gasteiger charge is 2.20. The molecule has 1 aliphatic rings. The van der Waals surface area contributed by atoms with E-state index in [0.29, 0.717) is 0 Å². The quantitative estimate of drug-likeness (QED) is 0.911. The minimum absolute atomic E-state index is 0.876. The predicted molar refractivity (Wildman–Crippen MR) is 81.5 cm³/mol. The van der Waals surface area contributed by atoms with Gasteiger partial charge in [0.25, 0.3) is 0 Å². The number of fused-ring (bicyclic) bond motifs is 1. The molecule has 0 aromatic carbocycles. The van der Waals surface area contributed by atoms with E-state index in [9.17, 15) is 0 Å². The number of nitrogens with one attached hydrogen (secondary N) is 1. The topological polar surface area (TPSA) is 48.7 Å². The van der Waals surface area contributed by atoms with Gasteiger partial charge in [0, 0.05) is 45.6 Å². The molecule has 3 heterocycles. The van der Waals surface area contributed by atoms with E-state index in [0.717, 1.165) is 43.5 Å². The van der Waals surface area contributed by atoms with Gasteiger partial charge >= 0.3 is 0 Å². The van der Waals surface area contributed by atoms with Gasteiger partial charge in [-0.3, -0.25) is 4.90 Å². The number of aromatic nitrogens is 3. The van der Waals surface area contributed by atoms with E-state index in [1.54, 1.807) is 0 Å². The molecule has 6 heteroatoms. The molecule has 0 amide bonds. The Morgan fingerprint density at radius 1 is 1.25 bits per heavy atom. The zero-order valence-electron chi connectivity index (χ0n) is 12.2. The molecule has 1 fully saturated rings. The van der Waals surface area contributed by atoms with E-state index in [-0.39, 0.29) is 0 Å². The number of rotatable bonds is 4. The van der Waals surface area contributed by atoms with Crippen LogP contribution in [0.4, 0.5) is 11.6 Å². The summed E-state index contributed by atoms with van der Waals surface area (Å²) in [7, 11) is 1.90. The molecule has 2 aromatic rings. The normalized spacial score (nSPS) is 16.8. The molecule has 1 saturated heterocycles. The van der Waals surface area contributed by atoms with E-state index in [1.165, 1.54) is 13.0 Å². The largest absolute Gasteiger partial charge is 0.372 e. The maximum Gasteiger partial charge on any atom is 0.180 e. The molecule has 0 aliphatic carbocycles. The molecule has 0 atom stereocenters. The third-order valence-corrected chi connectivity index (χ3v) is 3.82. The Morgan fingerprint density at radius 2 is 2.05 bits per heavy atom. The van der Waals surface area contributed by atoms with Crippen LogP contribution in [-0.4, -0.2) is 59.0 Å². The third-order valence-electron chi connectivity index (χ3n) is 3.82. The van der Waals surface area contributed by atoms with Gasteiger partial charge < -0.3 is 14.6 Å². The molecule has 0 unspecified atom stereocenters. The van der Waals surface area contributed by atoms with Gasteiger partial charge in [-0.05, 0) is 13.0 Å². The molecule has 1 aliphatic heterocycles. The van der Waals surface area contributed by atoms with E-state index in [4.69, 9.17) is 4.98 Å². The summed E-state index contributed by atoms with van der Waals surface area (Å²) in [5, 5.41) is 3.12. The van der Waals surface area contributed by atoms with Crippen LogP contribution in [0.2, 0.25) is 0 Å². The Hall–Kier alpha value is -1.82. The SMILES string of the molecule is CCCN1CCN(c2nc(NC)cn3ccnc23)CC1. The molecule has 1 N–H and O–H groups in total. The number of hydrogen-bond donors (Lipinski definition) is 1. The van der Waals surface area contributed by atoms with Crippen molar-refractivity contribution in [3.63, 3.8) is 0 Å². The molecule has 0 bridgehead atoms. The number of nitrogens with zero attached hydrogens (tertiary/aromatic N) is 5. The van der Waals surface area contributed by atoms with E-state index in [2.05, 4.69) is 27.0 Å². The lowest BCUT2D eigenvalue weighted by molar-refractivity contribution is 0.258. The van der Waals surface area contributed by atoms with Crippen molar-refractivity contribution in [2.75, 3.05) is 50.0 Å². The van der Waals surface area contributed by atoms with Crippen molar-refractivity contribution in [2.45, 2.75) is 13.3 Å². The first-order valence-corrected chi connectivity index (χ1v) is 7.30. The number of hydrogen-bond acceptors (Lipinski definition) is 5. The summed E-state index contributed by atoms with van der Waals surface area (Å²) in [4.78, 5) is 14.0. The second-order valence-electron chi connectivity index (χ2n) is 5.19. The number of anilines is 2. The van der Waals surface area contributed by atoms with E-state index in [1.807, 2.05) is 30.0 Å². The van der Waals surface area contributed by atoms with Crippen LogP contribution >= 0.6 is 0 Å². The fourth-order valence-corrected chi connectivity index (χ4v) is 2.75. The average Bonchev–Trinajstić information content (AvgIpc) is 2.95. The van der Waals surface area contributed by atoms with Gasteiger partial charge in [-0.15, -0.1) is 0 Å². The molecule has 108 valence electrons. The maximum atomic E-state index is 4.70. The van der Waals surface area contributed by atoms with Crippen molar-refractivity contribution < 1.29 is 0 Å². The van der Waals surface area contributed by atoms with Crippen LogP contribution in [-0.2, 0) is 0 Å². The first kappa shape index (κ1) is 13.2. The van der Waals surface area contributed by atoms with Gasteiger partial charge in [-0.1, -0.05) is 6.92 Å². The van der Waals surface area contributed by atoms with Crippen molar-refractivity contribution >= 4 is 17.3 Å². The average molecular weight is 274 g/mol. The zero-order chi connectivity index (χ0) is 13.9. The standard InChI is InChI=1S/C14H22N6/c1-3-5-18-7-9-19(10-8-18)14-13-16-4-6-20(13)11-12(15-2)17-14/h4,6,11,15H,3,5,7-10H2,1-2H3. The highest BCUT2D eigenvalue weighted by atomic mass is 15.3. The van der Waals surface area contributed by atoms with Crippen LogP contribution < -0.4 is 10.2 Å². The second-order valence-corrected chi connectivity index (χ2v) is 5.19. The Bertz CT molecular complexity index is 570. The first-order valence-electron chi connectivity index (χ1n) is 7.30. The summed E-state index contributed by atoms with van der Waals surface area (Å²) >= 11 is 0. The molecule has 0 spiro atoms. The highest BCUT2D eigenvalue weighted by molar-refractivity contribution is 5.67. The predicted octanol–water partition coefficient (Wildman–Crippen LogP) is 1.30. The Labute approximate surface area is 119 Å². The Kier molecular flexibility index (Phi) is 3.73. The lowest BCUT2D eigenvalue weighted by Crippen LogP contribution is -2.47. The van der Waals surface area contributed by atoms with Crippen LogP contribution in [0.25, 0.3) is 5.65 Å². The van der Waals surface area contributed by atoms with Crippen molar-refractivity contribution in [1.29, 1.82) is 0 Å². The van der Waals surface area contributed by atoms with Gasteiger partial charge in [0.2, 0.25) is 0 Å². The fourth-order valence-electron chi connectivity index (χ4n) is 2.75. The van der Waals surface area contributed by atoms with Gasteiger partial charge in [0.1, 0.15) is 5.82 Å². The smallest absolute Gasteiger partial charge is 0.180 e. The minimum Gasteiger partial charge on any atom is -0.372 e. The van der Waals surface area contributed by atoms with Crippen molar-refractivity contribution in [2.24, 2.45) is 0 Å². The molecule has 0 saturated carbocycles. The maximum absolute atomic E-state index is 4.70. The van der Waals surface area contributed by atoms with Gasteiger partial charge in [-0.25, -0.2) is 9.97 Å². The van der Waals surface area contributed by atoms with Crippen LogP contribution in [0, 0.1) is 0 Å². The zero-order valence-corrected chi connectivity index (χ0v) is 12.2. The first-order chi connectivity index (χ1) is 9.81. The fraction of sp³-hybridized carbons (Fsp3) is 0.571. The van der Waals surface area contributed by atoms with E-state index < -0.39 is 0 Å². The Balaban J connectivity index is 1.85. The summed E-state index contributed by atoms with van der Waals surface area (Å²) in [6.07, 6.45) is 6.99. The highest BCUT2D eigenvalue weighted by Crippen LogP contribution is 2.21. The summed E-state index contributed by atoms with van der Waals surface area (Å²) in [6, 6.07) is 0. The van der Waals surface area contributed by atoms with Gasteiger partial charge in [-0.2, -0.15) is 0 Å². The molecule has 3 rings (SSSR count). The summed E-state index contributed by atoms with van der Waals surface area (Å²) in [6.45, 7) is 7.67. The summed E-state index contributed by atoms with van der Waals surface area (Å²) in [5.41, 5.74) is 0.938. The van der Waals surface area contributed by atoms with Crippen molar-refractivity contribution in [3.05, 3.63) is 18.6 Å². The lowest BCUT2D eigenvalue weighted by atomic mass is 10.3. The molecule has 2 aromatic heterocycles. The van der Waals surface area contributed by atoms with Crippen molar-refractivity contribution in [1.82, 2.24) is 19.3 Å². The Morgan fingerprint density at radius 3 is 2.75 bits per heavy atom.